The lowest BCUT2D eigenvalue weighted by atomic mass is 10.2. The Morgan fingerprint density at radius 1 is 1.50 bits per heavy atom. The molecule has 0 aliphatic carbocycles. The normalized spacial score (nSPS) is 10.9. The van der Waals surface area contributed by atoms with Crippen molar-refractivity contribution in [2.75, 3.05) is 5.75 Å². The van der Waals surface area contributed by atoms with Crippen molar-refractivity contribution < 1.29 is 13.5 Å². The van der Waals surface area contributed by atoms with Crippen LogP contribution in [-0.4, -0.2) is 19.3 Å². The maximum atomic E-state index is 11.5. The number of phenols is 1. The van der Waals surface area contributed by atoms with Crippen LogP contribution in [0.25, 0.3) is 0 Å². The summed E-state index contributed by atoms with van der Waals surface area (Å²) < 4.78 is 23.1. The highest BCUT2D eigenvalue weighted by molar-refractivity contribution is 7.91. The lowest BCUT2D eigenvalue weighted by molar-refractivity contribution is 0.474. The molecule has 0 atom stereocenters. The van der Waals surface area contributed by atoms with Crippen LogP contribution in [0.15, 0.2) is 23.1 Å². The van der Waals surface area contributed by atoms with Crippen LogP contribution in [0.2, 0.25) is 0 Å². The Morgan fingerprint density at radius 2 is 2.14 bits per heavy atom. The SMILES string of the molecule is C#CCS(=O)(=O)c1ccc(O)cc1C. The van der Waals surface area contributed by atoms with Crippen molar-refractivity contribution in [3.8, 4) is 18.1 Å². The van der Waals surface area contributed by atoms with Crippen LogP contribution in [0.5, 0.6) is 5.75 Å². The van der Waals surface area contributed by atoms with Crippen molar-refractivity contribution in [1.29, 1.82) is 0 Å². The molecule has 0 radical (unpaired) electrons. The van der Waals surface area contributed by atoms with Crippen LogP contribution < -0.4 is 0 Å². The van der Waals surface area contributed by atoms with Gasteiger partial charge in [0.05, 0.1) is 4.90 Å². The van der Waals surface area contributed by atoms with Gasteiger partial charge in [0.15, 0.2) is 9.84 Å². The summed E-state index contributed by atoms with van der Waals surface area (Å²) in [4.78, 5) is 0.174. The molecule has 74 valence electrons. The minimum absolute atomic E-state index is 0.0437. The van der Waals surface area contributed by atoms with E-state index >= 15 is 0 Å². The molecule has 0 unspecified atom stereocenters. The second-order valence-electron chi connectivity index (χ2n) is 2.91. The molecule has 0 amide bonds. The van der Waals surface area contributed by atoms with Crippen LogP contribution in [0.1, 0.15) is 5.56 Å². The summed E-state index contributed by atoms with van der Waals surface area (Å²) in [6.45, 7) is 1.61. The highest BCUT2D eigenvalue weighted by Crippen LogP contribution is 2.20. The minimum Gasteiger partial charge on any atom is -0.508 e. The van der Waals surface area contributed by atoms with Crippen molar-refractivity contribution in [2.24, 2.45) is 0 Å². The van der Waals surface area contributed by atoms with Crippen molar-refractivity contribution >= 4 is 9.84 Å². The Labute approximate surface area is 83.3 Å². The van der Waals surface area contributed by atoms with E-state index in [1.807, 2.05) is 0 Å². The molecule has 1 aromatic rings. The first kappa shape index (κ1) is 10.6. The summed E-state index contributed by atoms with van der Waals surface area (Å²) in [5.41, 5.74) is 0.500. The number of aryl methyl sites for hydroxylation is 1. The summed E-state index contributed by atoms with van der Waals surface area (Å²) in [6.07, 6.45) is 4.95. The largest absolute Gasteiger partial charge is 0.508 e. The Balaban J connectivity index is 3.29. The van der Waals surface area contributed by atoms with Gasteiger partial charge in [-0.1, -0.05) is 5.92 Å². The molecule has 0 spiro atoms. The topological polar surface area (TPSA) is 54.4 Å². The zero-order valence-corrected chi connectivity index (χ0v) is 8.50. The van der Waals surface area contributed by atoms with E-state index in [2.05, 4.69) is 5.92 Å². The lowest BCUT2D eigenvalue weighted by Crippen LogP contribution is -2.06. The number of hydrogen-bond acceptors (Lipinski definition) is 3. The van der Waals surface area contributed by atoms with Crippen molar-refractivity contribution in [3.63, 3.8) is 0 Å². The van der Waals surface area contributed by atoms with Gasteiger partial charge in [0.25, 0.3) is 0 Å². The second kappa shape index (κ2) is 3.72. The molecule has 0 saturated carbocycles. The molecule has 0 aromatic heterocycles. The minimum atomic E-state index is -3.40. The van der Waals surface area contributed by atoms with Gasteiger partial charge in [-0.25, -0.2) is 8.42 Å². The maximum absolute atomic E-state index is 11.5. The number of benzene rings is 1. The summed E-state index contributed by atoms with van der Waals surface area (Å²) >= 11 is 0. The molecule has 14 heavy (non-hydrogen) atoms. The number of terminal acetylenes is 1. The Kier molecular flexibility index (Phi) is 2.82. The number of aromatic hydroxyl groups is 1. The summed E-state index contributed by atoms with van der Waals surface area (Å²) in [6, 6.07) is 4.08. The molecule has 0 bridgehead atoms. The quantitative estimate of drug-likeness (QED) is 0.744. The fraction of sp³-hybridized carbons (Fsp3) is 0.200. The van der Waals surface area contributed by atoms with E-state index in [-0.39, 0.29) is 16.4 Å². The van der Waals surface area contributed by atoms with Crippen molar-refractivity contribution in [2.45, 2.75) is 11.8 Å². The van der Waals surface area contributed by atoms with Crippen LogP contribution in [0, 0.1) is 19.3 Å². The van der Waals surface area contributed by atoms with Gasteiger partial charge in [-0.05, 0) is 30.7 Å². The molecule has 0 aliphatic heterocycles. The Hall–Kier alpha value is -1.47. The van der Waals surface area contributed by atoms with Crippen LogP contribution >= 0.6 is 0 Å². The number of hydrogen-bond donors (Lipinski definition) is 1. The van der Waals surface area contributed by atoms with Gasteiger partial charge < -0.3 is 5.11 Å². The van der Waals surface area contributed by atoms with Gasteiger partial charge in [0.1, 0.15) is 11.5 Å². The second-order valence-corrected chi connectivity index (χ2v) is 4.87. The number of sulfone groups is 1. The smallest absolute Gasteiger partial charge is 0.189 e. The molecule has 1 N–H and O–H groups in total. The van der Waals surface area contributed by atoms with Gasteiger partial charge in [-0.2, -0.15) is 0 Å². The third kappa shape index (κ3) is 2.06. The van der Waals surface area contributed by atoms with Gasteiger partial charge in [-0.3, -0.25) is 0 Å². The Morgan fingerprint density at radius 3 is 2.64 bits per heavy atom. The zero-order valence-electron chi connectivity index (χ0n) is 7.69. The monoisotopic (exact) mass is 210 g/mol. The molecule has 4 heteroatoms. The Bertz CT molecular complexity index is 481. The van der Waals surface area contributed by atoms with Crippen LogP contribution in [0.3, 0.4) is 0 Å². The summed E-state index contributed by atoms with van der Waals surface area (Å²) in [7, 11) is -3.40. The molecule has 0 fully saturated rings. The number of phenolic OH excluding ortho intramolecular Hbond substituents is 1. The van der Waals surface area contributed by atoms with Crippen molar-refractivity contribution in [3.05, 3.63) is 23.8 Å². The number of rotatable bonds is 2. The molecule has 0 heterocycles. The van der Waals surface area contributed by atoms with E-state index in [4.69, 9.17) is 11.5 Å². The van der Waals surface area contributed by atoms with E-state index in [1.54, 1.807) is 6.92 Å². The molecular weight excluding hydrogens is 200 g/mol. The van der Waals surface area contributed by atoms with Gasteiger partial charge in [-0.15, -0.1) is 6.42 Å². The first-order valence-corrected chi connectivity index (χ1v) is 5.58. The summed E-state index contributed by atoms with van der Waals surface area (Å²) in [5, 5.41) is 9.10. The average Bonchev–Trinajstić information content (AvgIpc) is 2.02. The van der Waals surface area contributed by atoms with E-state index in [9.17, 15) is 8.42 Å². The summed E-state index contributed by atoms with van der Waals surface area (Å²) in [5.74, 6) is 1.82. The van der Waals surface area contributed by atoms with Gasteiger partial charge >= 0.3 is 0 Å². The van der Waals surface area contributed by atoms with E-state index < -0.39 is 9.84 Å². The zero-order chi connectivity index (χ0) is 10.8. The van der Waals surface area contributed by atoms with Crippen LogP contribution in [0.4, 0.5) is 0 Å². The van der Waals surface area contributed by atoms with E-state index in [0.717, 1.165) is 0 Å². The first-order valence-electron chi connectivity index (χ1n) is 3.93. The first-order chi connectivity index (χ1) is 6.47. The fourth-order valence-corrected chi connectivity index (χ4v) is 2.37. The predicted octanol–water partition coefficient (Wildman–Crippen LogP) is 1.11. The van der Waals surface area contributed by atoms with Crippen LogP contribution in [-0.2, 0) is 9.84 Å². The van der Waals surface area contributed by atoms with Crippen molar-refractivity contribution in [1.82, 2.24) is 0 Å². The predicted molar refractivity (Wildman–Crippen MR) is 53.7 cm³/mol. The third-order valence-corrected chi connectivity index (χ3v) is 3.44. The third-order valence-electron chi connectivity index (χ3n) is 1.77. The molecule has 1 rings (SSSR count). The lowest BCUT2D eigenvalue weighted by Gasteiger charge is -2.04. The van der Waals surface area contributed by atoms with E-state index in [1.165, 1.54) is 18.2 Å². The molecule has 0 aliphatic rings. The molecule has 3 nitrogen and oxygen atoms in total. The molecule has 0 saturated heterocycles. The highest BCUT2D eigenvalue weighted by Gasteiger charge is 2.15. The van der Waals surface area contributed by atoms with Gasteiger partial charge in [0, 0.05) is 0 Å². The molecule has 1 aromatic carbocycles. The fourth-order valence-electron chi connectivity index (χ4n) is 1.17. The van der Waals surface area contributed by atoms with E-state index in [0.29, 0.717) is 5.56 Å². The highest BCUT2D eigenvalue weighted by atomic mass is 32.2. The van der Waals surface area contributed by atoms with Gasteiger partial charge in [0.2, 0.25) is 0 Å². The maximum Gasteiger partial charge on any atom is 0.189 e. The standard InChI is InChI=1S/C10H10O3S/c1-3-6-14(12,13)10-5-4-9(11)7-8(10)2/h1,4-5,7,11H,6H2,2H3. The average molecular weight is 210 g/mol. The molecular formula is C10H10O3S.